The minimum atomic E-state index is -0.559. The number of nitrogen functional groups attached to an aromatic ring is 1. The van der Waals surface area contributed by atoms with Gasteiger partial charge in [-0.25, -0.2) is 4.39 Å². The van der Waals surface area contributed by atoms with Gasteiger partial charge in [0.05, 0.1) is 11.5 Å². The molecule has 0 aliphatic heterocycles. The molecule has 0 unspecified atom stereocenters. The number of nitro groups is 1. The van der Waals surface area contributed by atoms with Gasteiger partial charge < -0.3 is 5.73 Å². The van der Waals surface area contributed by atoms with Crippen LogP contribution in [0.25, 0.3) is 0 Å². The van der Waals surface area contributed by atoms with Crippen LogP contribution in [0.1, 0.15) is 11.1 Å². The quantitative estimate of drug-likeness (QED) is 0.374. The zero-order chi connectivity index (χ0) is 14.0. The molecule has 2 aromatic rings. The van der Waals surface area contributed by atoms with E-state index in [0.29, 0.717) is 5.56 Å². The Balaban J connectivity index is 2.27. The molecular weight excluding hydrogens is 253 g/mol. The van der Waals surface area contributed by atoms with Gasteiger partial charge in [0.1, 0.15) is 24.0 Å². The van der Waals surface area contributed by atoms with Crippen LogP contribution in [0.4, 0.5) is 10.1 Å². The van der Waals surface area contributed by atoms with E-state index in [1.54, 1.807) is 6.07 Å². The Bertz CT molecular complexity index is 652. The van der Waals surface area contributed by atoms with E-state index in [1.165, 1.54) is 16.9 Å². The number of aromatic nitrogens is 2. The van der Waals surface area contributed by atoms with Crippen molar-refractivity contribution in [3.05, 3.63) is 57.7 Å². The van der Waals surface area contributed by atoms with Gasteiger partial charge in [-0.3, -0.25) is 20.2 Å². The van der Waals surface area contributed by atoms with Gasteiger partial charge in [-0.05, 0) is 23.8 Å². The van der Waals surface area contributed by atoms with Crippen molar-refractivity contribution in [1.82, 2.24) is 9.78 Å². The molecule has 0 amide bonds. The Labute approximate surface area is 107 Å². The first-order valence-corrected chi connectivity index (χ1v) is 5.26. The molecule has 0 spiro atoms. The monoisotopic (exact) mass is 263 g/mol. The summed E-state index contributed by atoms with van der Waals surface area (Å²) in [6.45, 7) is 0.159. The Morgan fingerprint density at radius 3 is 2.84 bits per heavy atom. The number of benzene rings is 1. The molecule has 0 radical (unpaired) electrons. The summed E-state index contributed by atoms with van der Waals surface area (Å²) in [7, 11) is 0. The molecule has 19 heavy (non-hydrogen) atoms. The summed E-state index contributed by atoms with van der Waals surface area (Å²) in [5, 5.41) is 21.6. The van der Waals surface area contributed by atoms with Crippen LogP contribution >= 0.6 is 0 Å². The number of nitrogens with two attached hydrogens (primary N) is 1. The summed E-state index contributed by atoms with van der Waals surface area (Å²) in [5.74, 6) is -0.767. The van der Waals surface area contributed by atoms with Crippen LogP contribution in [0.5, 0.6) is 0 Å². The molecule has 7 nitrogen and oxygen atoms in total. The maximum atomic E-state index is 13.3. The third-order valence-electron chi connectivity index (χ3n) is 2.44. The number of rotatable bonds is 4. The van der Waals surface area contributed by atoms with E-state index in [4.69, 9.17) is 11.1 Å². The van der Waals surface area contributed by atoms with Crippen LogP contribution in [0.15, 0.2) is 30.6 Å². The average molecular weight is 263 g/mol. The second-order valence-corrected chi connectivity index (χ2v) is 3.92. The Hall–Kier alpha value is -2.77. The third-order valence-corrected chi connectivity index (χ3v) is 2.44. The number of hydrogen-bond acceptors (Lipinski definition) is 4. The molecule has 8 heteroatoms. The standard InChI is InChI=1S/C11H10FN5O2/c12-9-2-7(1-8(3-9)11(13)14)5-16-6-10(4-15-16)17(18)19/h1-4,6H,5H2,(H3,13,14). The van der Waals surface area contributed by atoms with Gasteiger partial charge in [0.25, 0.3) is 0 Å². The summed E-state index contributed by atoms with van der Waals surface area (Å²) < 4.78 is 14.7. The summed E-state index contributed by atoms with van der Waals surface area (Å²) in [5.41, 5.74) is 5.94. The van der Waals surface area contributed by atoms with Crippen molar-refractivity contribution in [2.75, 3.05) is 0 Å². The smallest absolute Gasteiger partial charge is 0.307 e. The van der Waals surface area contributed by atoms with Gasteiger partial charge in [-0.15, -0.1) is 0 Å². The molecule has 0 aliphatic carbocycles. The maximum absolute atomic E-state index is 13.3. The van der Waals surface area contributed by atoms with Crippen LogP contribution in [0, 0.1) is 21.3 Å². The SMILES string of the molecule is N=C(N)c1cc(F)cc(Cn2cc([N+](=O)[O-])cn2)c1. The van der Waals surface area contributed by atoms with E-state index >= 15 is 0 Å². The summed E-state index contributed by atoms with van der Waals surface area (Å²) in [4.78, 5) is 9.95. The number of hydrogen-bond donors (Lipinski definition) is 2. The van der Waals surface area contributed by atoms with Crippen molar-refractivity contribution in [2.45, 2.75) is 6.54 Å². The van der Waals surface area contributed by atoms with Gasteiger partial charge in [0.15, 0.2) is 0 Å². The van der Waals surface area contributed by atoms with Crippen molar-refractivity contribution in [3.8, 4) is 0 Å². The lowest BCUT2D eigenvalue weighted by atomic mass is 10.1. The fourth-order valence-corrected chi connectivity index (χ4v) is 1.62. The molecule has 0 aliphatic rings. The lowest BCUT2D eigenvalue weighted by Gasteiger charge is -2.05. The molecule has 0 bridgehead atoms. The molecule has 3 N–H and O–H groups in total. The van der Waals surface area contributed by atoms with Crippen LogP contribution in [-0.2, 0) is 6.54 Å². The zero-order valence-corrected chi connectivity index (χ0v) is 9.71. The molecule has 98 valence electrons. The molecule has 0 fully saturated rings. The Morgan fingerprint density at radius 2 is 2.26 bits per heavy atom. The van der Waals surface area contributed by atoms with Gasteiger partial charge in [0.2, 0.25) is 0 Å². The highest BCUT2D eigenvalue weighted by atomic mass is 19.1. The average Bonchev–Trinajstić information content (AvgIpc) is 2.76. The molecule has 2 rings (SSSR count). The summed E-state index contributed by atoms with van der Waals surface area (Å²) in [6.07, 6.45) is 2.36. The first-order chi connectivity index (χ1) is 8.95. The van der Waals surface area contributed by atoms with Crippen molar-refractivity contribution >= 4 is 11.5 Å². The van der Waals surface area contributed by atoms with E-state index in [0.717, 1.165) is 12.3 Å². The second-order valence-electron chi connectivity index (χ2n) is 3.92. The summed E-state index contributed by atoms with van der Waals surface area (Å²) in [6, 6.07) is 3.95. The molecular formula is C11H10FN5O2. The van der Waals surface area contributed by atoms with E-state index in [9.17, 15) is 14.5 Å². The number of nitrogens with one attached hydrogen (secondary N) is 1. The highest BCUT2D eigenvalue weighted by molar-refractivity contribution is 5.95. The highest BCUT2D eigenvalue weighted by Gasteiger charge is 2.10. The van der Waals surface area contributed by atoms with Crippen molar-refractivity contribution in [2.24, 2.45) is 5.73 Å². The lowest BCUT2D eigenvalue weighted by molar-refractivity contribution is -0.385. The highest BCUT2D eigenvalue weighted by Crippen LogP contribution is 2.13. The topological polar surface area (TPSA) is 111 Å². The first-order valence-electron chi connectivity index (χ1n) is 5.26. The van der Waals surface area contributed by atoms with E-state index in [-0.39, 0.29) is 23.6 Å². The molecule has 0 atom stereocenters. The number of nitrogens with zero attached hydrogens (tertiary/aromatic N) is 3. The number of amidine groups is 1. The fraction of sp³-hybridized carbons (Fsp3) is 0.0909. The minimum Gasteiger partial charge on any atom is -0.384 e. The Morgan fingerprint density at radius 1 is 1.53 bits per heavy atom. The molecule has 0 saturated heterocycles. The van der Waals surface area contributed by atoms with E-state index in [1.807, 2.05) is 0 Å². The second kappa shape index (κ2) is 4.84. The third kappa shape index (κ3) is 2.92. The number of halogens is 1. The van der Waals surface area contributed by atoms with E-state index in [2.05, 4.69) is 5.10 Å². The van der Waals surface area contributed by atoms with Crippen molar-refractivity contribution < 1.29 is 9.31 Å². The largest absolute Gasteiger partial charge is 0.384 e. The predicted octanol–water partition coefficient (Wildman–Crippen LogP) is 1.26. The van der Waals surface area contributed by atoms with Crippen LogP contribution in [0.3, 0.4) is 0 Å². The van der Waals surface area contributed by atoms with Crippen LogP contribution in [0.2, 0.25) is 0 Å². The van der Waals surface area contributed by atoms with Gasteiger partial charge in [-0.1, -0.05) is 0 Å². The lowest BCUT2D eigenvalue weighted by Crippen LogP contribution is -2.12. The molecule has 1 aromatic carbocycles. The van der Waals surface area contributed by atoms with Crippen LogP contribution in [-0.4, -0.2) is 20.5 Å². The molecule has 1 heterocycles. The van der Waals surface area contributed by atoms with Gasteiger partial charge in [0, 0.05) is 5.56 Å². The Kier molecular flexibility index (Phi) is 3.23. The zero-order valence-electron chi connectivity index (χ0n) is 9.71. The normalized spacial score (nSPS) is 10.4. The minimum absolute atomic E-state index is 0.136. The summed E-state index contributed by atoms with van der Waals surface area (Å²) >= 11 is 0. The maximum Gasteiger partial charge on any atom is 0.307 e. The fourth-order valence-electron chi connectivity index (χ4n) is 1.62. The molecule has 1 aromatic heterocycles. The molecule has 0 saturated carbocycles. The van der Waals surface area contributed by atoms with Crippen molar-refractivity contribution in [1.29, 1.82) is 5.41 Å². The van der Waals surface area contributed by atoms with Gasteiger partial charge >= 0.3 is 5.69 Å². The van der Waals surface area contributed by atoms with Crippen LogP contribution < -0.4 is 5.73 Å². The van der Waals surface area contributed by atoms with Crippen molar-refractivity contribution in [3.63, 3.8) is 0 Å². The first kappa shape index (κ1) is 12.7. The predicted molar refractivity (Wildman–Crippen MR) is 65.4 cm³/mol. The van der Waals surface area contributed by atoms with E-state index < -0.39 is 10.7 Å². The van der Waals surface area contributed by atoms with Gasteiger partial charge in [-0.2, -0.15) is 5.10 Å².